The van der Waals surface area contributed by atoms with E-state index in [0.717, 1.165) is 23.0 Å². The van der Waals surface area contributed by atoms with E-state index in [1.54, 1.807) is 6.92 Å². The van der Waals surface area contributed by atoms with Gasteiger partial charge in [0.2, 0.25) is 5.88 Å². The number of aromatic nitrogens is 1. The van der Waals surface area contributed by atoms with Gasteiger partial charge in [0, 0.05) is 32.0 Å². The molecule has 1 aliphatic rings. The van der Waals surface area contributed by atoms with E-state index < -0.39 is 30.4 Å². The van der Waals surface area contributed by atoms with E-state index in [2.05, 4.69) is 9.89 Å². The molecular weight excluding hydrogens is 353 g/mol. The van der Waals surface area contributed by atoms with Gasteiger partial charge in [0.1, 0.15) is 5.67 Å². The molecule has 0 aromatic carbocycles. The van der Waals surface area contributed by atoms with E-state index in [-0.39, 0.29) is 44.1 Å². The van der Waals surface area contributed by atoms with Crippen molar-refractivity contribution in [1.82, 2.24) is 10.1 Å². The van der Waals surface area contributed by atoms with Crippen LogP contribution in [-0.2, 0) is 9.47 Å². The minimum Gasteiger partial charge on any atom is -0.465 e. The van der Waals surface area contributed by atoms with Gasteiger partial charge in [-0.1, -0.05) is 5.16 Å². The molecule has 1 aliphatic heterocycles. The molecule has 26 heavy (non-hydrogen) atoms. The van der Waals surface area contributed by atoms with Gasteiger partial charge < -0.3 is 24.0 Å². The van der Waals surface area contributed by atoms with Crippen LogP contribution in [0.3, 0.4) is 0 Å². The summed E-state index contributed by atoms with van der Waals surface area (Å²) in [5.74, 6) is -0.908. The molecule has 1 aromatic rings. The first-order valence-corrected chi connectivity index (χ1v) is 7.96. The van der Waals surface area contributed by atoms with Gasteiger partial charge in [0.15, 0.2) is 5.69 Å². The number of carboxylic acid groups (broad SMARTS) is 1. The lowest BCUT2D eigenvalue weighted by atomic mass is 9.93. The van der Waals surface area contributed by atoms with Gasteiger partial charge in [0.05, 0.1) is 20.3 Å². The number of methoxy groups -OCH3 is 1. The standard InChI is InChI=1S/C15H20FN3O7/c1-3-25-12(20)10-8-11(26-17-10)19(14(23)24-2)9-15(16)4-6-18(7-5-15)13(21)22/h8H,3-7,9H2,1-2H3,(H,21,22). The molecule has 0 radical (unpaired) electrons. The molecule has 1 N–H and O–H groups in total. The van der Waals surface area contributed by atoms with Crippen molar-refractivity contribution < 1.29 is 37.9 Å². The van der Waals surface area contributed by atoms with E-state index >= 15 is 4.39 Å². The fourth-order valence-electron chi connectivity index (χ4n) is 2.58. The lowest BCUT2D eigenvalue weighted by Crippen LogP contribution is -2.50. The van der Waals surface area contributed by atoms with Gasteiger partial charge in [0.25, 0.3) is 0 Å². The molecule has 2 amide bonds. The van der Waals surface area contributed by atoms with Crippen LogP contribution in [0.15, 0.2) is 10.6 Å². The summed E-state index contributed by atoms with van der Waals surface area (Å²) in [5.41, 5.74) is -2.00. The van der Waals surface area contributed by atoms with Crippen LogP contribution < -0.4 is 4.90 Å². The van der Waals surface area contributed by atoms with Crippen molar-refractivity contribution >= 4 is 24.0 Å². The Morgan fingerprint density at radius 2 is 2.08 bits per heavy atom. The molecule has 1 aromatic heterocycles. The third kappa shape index (κ3) is 4.41. The summed E-state index contributed by atoms with van der Waals surface area (Å²) in [5, 5.41) is 12.5. The highest BCUT2D eigenvalue weighted by molar-refractivity contribution is 5.90. The molecule has 11 heteroatoms. The molecule has 2 rings (SSSR count). The molecule has 0 bridgehead atoms. The lowest BCUT2D eigenvalue weighted by molar-refractivity contribution is 0.0513. The number of esters is 1. The van der Waals surface area contributed by atoms with Gasteiger partial charge in [-0.15, -0.1) is 0 Å². The molecule has 0 atom stereocenters. The molecule has 0 saturated carbocycles. The number of hydrogen-bond donors (Lipinski definition) is 1. The maximum Gasteiger partial charge on any atom is 0.416 e. The number of anilines is 1. The Bertz CT molecular complexity index is 670. The zero-order valence-corrected chi connectivity index (χ0v) is 14.4. The number of alkyl halides is 1. The van der Waals surface area contributed by atoms with Crippen molar-refractivity contribution in [2.24, 2.45) is 0 Å². The van der Waals surface area contributed by atoms with Gasteiger partial charge >= 0.3 is 18.2 Å². The second-order valence-electron chi connectivity index (χ2n) is 5.75. The fourth-order valence-corrected chi connectivity index (χ4v) is 2.58. The molecule has 0 aliphatic carbocycles. The zero-order valence-electron chi connectivity index (χ0n) is 14.4. The average molecular weight is 373 g/mol. The lowest BCUT2D eigenvalue weighted by Gasteiger charge is -2.36. The maximum absolute atomic E-state index is 15.1. The van der Waals surface area contributed by atoms with Crippen LogP contribution in [0.1, 0.15) is 30.3 Å². The summed E-state index contributed by atoms with van der Waals surface area (Å²) in [6, 6.07) is 1.16. The van der Waals surface area contributed by atoms with Crippen molar-refractivity contribution in [3.8, 4) is 0 Å². The summed E-state index contributed by atoms with van der Waals surface area (Å²) in [6.45, 7) is 1.34. The number of rotatable bonds is 5. The molecular formula is C15H20FN3O7. The second-order valence-corrected chi connectivity index (χ2v) is 5.75. The van der Waals surface area contributed by atoms with Crippen molar-refractivity contribution in [2.75, 3.05) is 38.3 Å². The number of amides is 2. The Kier molecular flexibility index (Phi) is 6.01. The first-order chi connectivity index (χ1) is 12.3. The number of hydrogen-bond acceptors (Lipinski definition) is 7. The first-order valence-electron chi connectivity index (χ1n) is 7.96. The van der Waals surface area contributed by atoms with E-state index in [9.17, 15) is 14.4 Å². The van der Waals surface area contributed by atoms with Crippen LogP contribution in [0.2, 0.25) is 0 Å². The Balaban J connectivity index is 2.15. The number of likely N-dealkylation sites (tertiary alicyclic amines) is 1. The van der Waals surface area contributed by atoms with Gasteiger partial charge in [-0.05, 0) is 6.92 Å². The highest BCUT2D eigenvalue weighted by atomic mass is 19.1. The first kappa shape index (κ1) is 19.5. The highest BCUT2D eigenvalue weighted by Gasteiger charge is 2.40. The van der Waals surface area contributed by atoms with Gasteiger partial charge in [-0.25, -0.2) is 23.7 Å². The number of carbonyl (C=O) groups is 3. The Hall–Kier alpha value is -2.85. The molecule has 1 saturated heterocycles. The van der Waals surface area contributed by atoms with Gasteiger partial charge in [-0.3, -0.25) is 0 Å². The van der Waals surface area contributed by atoms with E-state index in [0.29, 0.717) is 0 Å². The van der Waals surface area contributed by atoms with E-state index in [4.69, 9.17) is 14.4 Å². The summed E-state index contributed by atoms with van der Waals surface area (Å²) in [6.07, 6.45) is -2.20. The number of halogens is 1. The van der Waals surface area contributed by atoms with Crippen LogP contribution in [0.4, 0.5) is 19.9 Å². The normalized spacial score (nSPS) is 16.0. The second kappa shape index (κ2) is 8.02. The minimum absolute atomic E-state index is 0.00528. The zero-order chi connectivity index (χ0) is 19.3. The van der Waals surface area contributed by atoms with Crippen molar-refractivity contribution in [1.29, 1.82) is 0 Å². The highest BCUT2D eigenvalue weighted by Crippen LogP contribution is 2.30. The fraction of sp³-hybridized carbons (Fsp3) is 0.600. The summed E-state index contributed by atoms with van der Waals surface area (Å²) in [7, 11) is 1.12. The third-order valence-corrected chi connectivity index (χ3v) is 4.01. The molecule has 0 spiro atoms. The van der Waals surface area contributed by atoms with Crippen LogP contribution in [0.25, 0.3) is 0 Å². The van der Waals surface area contributed by atoms with E-state index in [1.807, 2.05) is 0 Å². The Morgan fingerprint density at radius 3 is 2.62 bits per heavy atom. The SMILES string of the molecule is CCOC(=O)c1cc(N(CC2(F)CCN(C(=O)O)CC2)C(=O)OC)on1. The van der Waals surface area contributed by atoms with Crippen LogP contribution in [0.5, 0.6) is 0 Å². The predicted octanol–water partition coefficient (Wildman–Crippen LogP) is 1.91. The Labute approximate surface area is 148 Å². The monoisotopic (exact) mass is 373 g/mol. The predicted molar refractivity (Wildman–Crippen MR) is 84.9 cm³/mol. The Morgan fingerprint density at radius 1 is 1.42 bits per heavy atom. The summed E-state index contributed by atoms with van der Waals surface area (Å²) < 4.78 is 29.5. The van der Waals surface area contributed by atoms with Crippen LogP contribution >= 0.6 is 0 Å². The maximum atomic E-state index is 15.1. The summed E-state index contributed by atoms with van der Waals surface area (Å²) >= 11 is 0. The van der Waals surface area contributed by atoms with Crippen molar-refractivity contribution in [3.05, 3.63) is 11.8 Å². The molecule has 144 valence electrons. The summed E-state index contributed by atoms with van der Waals surface area (Å²) in [4.78, 5) is 36.6. The van der Waals surface area contributed by atoms with Crippen LogP contribution in [-0.4, -0.2) is 72.3 Å². The van der Waals surface area contributed by atoms with Crippen molar-refractivity contribution in [3.63, 3.8) is 0 Å². The van der Waals surface area contributed by atoms with Crippen LogP contribution in [0, 0.1) is 0 Å². The average Bonchev–Trinajstić information content (AvgIpc) is 3.09. The molecule has 2 heterocycles. The number of carbonyl (C=O) groups excluding carboxylic acids is 2. The molecule has 0 unspecified atom stereocenters. The van der Waals surface area contributed by atoms with Crippen molar-refractivity contribution in [2.45, 2.75) is 25.4 Å². The van der Waals surface area contributed by atoms with E-state index in [1.165, 1.54) is 0 Å². The largest absolute Gasteiger partial charge is 0.465 e. The minimum atomic E-state index is -1.84. The molecule has 10 nitrogen and oxygen atoms in total. The number of piperidine rings is 1. The number of nitrogens with zero attached hydrogens (tertiary/aromatic N) is 3. The molecule has 1 fully saturated rings. The van der Waals surface area contributed by atoms with Gasteiger partial charge in [-0.2, -0.15) is 0 Å². The quantitative estimate of drug-likeness (QED) is 0.777. The topological polar surface area (TPSA) is 122 Å². The third-order valence-electron chi connectivity index (χ3n) is 4.01. The smallest absolute Gasteiger partial charge is 0.416 e. The number of ether oxygens (including phenoxy) is 2.